The summed E-state index contributed by atoms with van der Waals surface area (Å²) in [4.78, 5) is 0. The Bertz CT molecular complexity index is 579. The van der Waals surface area contributed by atoms with E-state index >= 15 is 0 Å². The molecule has 1 aromatic heterocycles. The molecule has 0 aliphatic heterocycles. The SMILES string of the molecule is Nc1cc(-c2ccc(OCC3CCC3)c(Br)c2)on1. The molecule has 0 atom stereocenters. The number of nitrogens with zero attached hydrogens (tertiary/aromatic N) is 1. The fraction of sp³-hybridized carbons (Fsp3) is 0.357. The molecule has 0 spiro atoms. The number of rotatable bonds is 4. The summed E-state index contributed by atoms with van der Waals surface area (Å²) in [5, 5.41) is 3.68. The molecule has 0 saturated heterocycles. The van der Waals surface area contributed by atoms with Crippen LogP contribution in [0.25, 0.3) is 11.3 Å². The van der Waals surface area contributed by atoms with Gasteiger partial charge in [0.25, 0.3) is 0 Å². The van der Waals surface area contributed by atoms with Gasteiger partial charge in [-0.25, -0.2) is 0 Å². The van der Waals surface area contributed by atoms with Crippen LogP contribution in [0.1, 0.15) is 19.3 Å². The molecule has 1 fully saturated rings. The van der Waals surface area contributed by atoms with Crippen LogP contribution < -0.4 is 10.5 Å². The van der Waals surface area contributed by atoms with Crippen molar-refractivity contribution in [2.24, 2.45) is 5.92 Å². The van der Waals surface area contributed by atoms with Crippen LogP contribution >= 0.6 is 15.9 Å². The highest BCUT2D eigenvalue weighted by atomic mass is 79.9. The lowest BCUT2D eigenvalue weighted by Gasteiger charge is -2.25. The highest BCUT2D eigenvalue weighted by Gasteiger charge is 2.18. The van der Waals surface area contributed by atoms with E-state index in [-0.39, 0.29) is 0 Å². The lowest BCUT2D eigenvalue weighted by Crippen LogP contribution is -2.19. The Morgan fingerprint density at radius 1 is 1.37 bits per heavy atom. The Kier molecular flexibility index (Phi) is 3.46. The van der Waals surface area contributed by atoms with Crippen molar-refractivity contribution in [2.75, 3.05) is 12.3 Å². The van der Waals surface area contributed by atoms with Gasteiger partial charge >= 0.3 is 0 Å². The summed E-state index contributed by atoms with van der Waals surface area (Å²) in [5.74, 6) is 2.63. The van der Waals surface area contributed by atoms with E-state index in [1.54, 1.807) is 6.07 Å². The third-order valence-corrected chi connectivity index (χ3v) is 4.06. The van der Waals surface area contributed by atoms with Gasteiger partial charge in [0.2, 0.25) is 0 Å². The molecule has 0 unspecified atom stereocenters. The molecule has 2 N–H and O–H groups in total. The fourth-order valence-corrected chi connectivity index (χ4v) is 2.56. The molecule has 1 aliphatic rings. The molecule has 100 valence electrons. The molecule has 0 bridgehead atoms. The van der Waals surface area contributed by atoms with E-state index < -0.39 is 0 Å². The van der Waals surface area contributed by atoms with E-state index in [2.05, 4.69) is 21.1 Å². The van der Waals surface area contributed by atoms with Gasteiger partial charge in [0.05, 0.1) is 11.1 Å². The monoisotopic (exact) mass is 322 g/mol. The number of ether oxygens (including phenoxy) is 1. The first kappa shape index (κ1) is 12.5. The standard InChI is InChI=1S/C14H15BrN2O2/c15-11-6-10(13-7-14(16)17-19-13)4-5-12(11)18-8-9-2-1-3-9/h4-7,9H,1-3,8H2,(H2,16,17). The highest BCUT2D eigenvalue weighted by molar-refractivity contribution is 9.10. The molecule has 3 rings (SSSR count). The first-order valence-electron chi connectivity index (χ1n) is 6.37. The molecule has 5 heteroatoms. The van der Waals surface area contributed by atoms with Gasteiger partial charge in [0, 0.05) is 11.6 Å². The normalized spacial score (nSPS) is 15.2. The molecule has 4 nitrogen and oxygen atoms in total. The first-order valence-corrected chi connectivity index (χ1v) is 7.16. The minimum Gasteiger partial charge on any atom is -0.492 e. The quantitative estimate of drug-likeness (QED) is 0.928. The van der Waals surface area contributed by atoms with Crippen molar-refractivity contribution in [1.29, 1.82) is 0 Å². The van der Waals surface area contributed by atoms with Crippen molar-refractivity contribution < 1.29 is 9.26 Å². The largest absolute Gasteiger partial charge is 0.492 e. The van der Waals surface area contributed by atoms with Crippen molar-refractivity contribution in [3.8, 4) is 17.1 Å². The number of halogens is 1. The zero-order valence-corrected chi connectivity index (χ0v) is 12.0. The summed E-state index contributed by atoms with van der Waals surface area (Å²) in [6.07, 6.45) is 3.90. The summed E-state index contributed by atoms with van der Waals surface area (Å²) >= 11 is 3.52. The fourth-order valence-electron chi connectivity index (χ4n) is 2.06. The Labute approximate surface area is 120 Å². The number of aromatic nitrogens is 1. The summed E-state index contributed by atoms with van der Waals surface area (Å²) < 4.78 is 11.9. The van der Waals surface area contributed by atoms with Crippen LogP contribution in [-0.2, 0) is 0 Å². The van der Waals surface area contributed by atoms with E-state index in [4.69, 9.17) is 15.0 Å². The third kappa shape index (κ3) is 2.76. The summed E-state index contributed by atoms with van der Waals surface area (Å²) in [5.41, 5.74) is 6.47. The van der Waals surface area contributed by atoms with E-state index in [0.717, 1.165) is 28.3 Å². The zero-order valence-electron chi connectivity index (χ0n) is 10.4. The molecule has 1 heterocycles. The van der Waals surface area contributed by atoms with Crippen LogP contribution in [0.2, 0.25) is 0 Å². The lowest BCUT2D eigenvalue weighted by atomic mass is 9.86. The molecule has 2 aromatic rings. The van der Waals surface area contributed by atoms with Crippen molar-refractivity contribution in [2.45, 2.75) is 19.3 Å². The van der Waals surface area contributed by atoms with Crippen molar-refractivity contribution >= 4 is 21.7 Å². The maximum Gasteiger partial charge on any atom is 0.169 e. The van der Waals surface area contributed by atoms with Crippen molar-refractivity contribution in [1.82, 2.24) is 5.16 Å². The maximum absolute atomic E-state index is 5.82. The Hall–Kier alpha value is -1.49. The maximum atomic E-state index is 5.82. The van der Waals surface area contributed by atoms with E-state index in [1.165, 1.54) is 19.3 Å². The molecule has 0 radical (unpaired) electrons. The molecule has 1 saturated carbocycles. The van der Waals surface area contributed by atoms with Gasteiger partial charge < -0.3 is 15.0 Å². The Balaban J connectivity index is 1.73. The smallest absolute Gasteiger partial charge is 0.169 e. The molecule has 1 aliphatic carbocycles. The van der Waals surface area contributed by atoms with Gasteiger partial charge in [-0.05, 0) is 52.9 Å². The van der Waals surface area contributed by atoms with Gasteiger partial charge in [-0.3, -0.25) is 0 Å². The number of benzene rings is 1. The van der Waals surface area contributed by atoms with Gasteiger partial charge in [-0.2, -0.15) is 0 Å². The average molecular weight is 323 g/mol. The number of hydrogen-bond donors (Lipinski definition) is 1. The summed E-state index contributed by atoms with van der Waals surface area (Å²) in [6, 6.07) is 7.55. The topological polar surface area (TPSA) is 61.3 Å². The minimum absolute atomic E-state index is 0.386. The highest BCUT2D eigenvalue weighted by Crippen LogP contribution is 2.33. The minimum atomic E-state index is 0.386. The van der Waals surface area contributed by atoms with Gasteiger partial charge in [0.15, 0.2) is 11.6 Å². The first-order chi connectivity index (χ1) is 9.22. The van der Waals surface area contributed by atoms with Crippen LogP contribution in [0.15, 0.2) is 33.3 Å². The molecular weight excluding hydrogens is 308 g/mol. The van der Waals surface area contributed by atoms with E-state index in [1.807, 2.05) is 18.2 Å². The Morgan fingerprint density at radius 2 is 2.21 bits per heavy atom. The number of nitrogen functional groups attached to an aromatic ring is 1. The predicted molar refractivity (Wildman–Crippen MR) is 76.9 cm³/mol. The predicted octanol–water partition coefficient (Wildman–Crippen LogP) is 3.87. The van der Waals surface area contributed by atoms with Crippen LogP contribution in [0, 0.1) is 5.92 Å². The van der Waals surface area contributed by atoms with E-state index in [9.17, 15) is 0 Å². The second-order valence-corrected chi connectivity index (χ2v) is 5.72. The zero-order chi connectivity index (χ0) is 13.2. The number of hydrogen-bond acceptors (Lipinski definition) is 4. The van der Waals surface area contributed by atoms with Gasteiger partial charge in [-0.1, -0.05) is 11.6 Å². The van der Waals surface area contributed by atoms with Crippen molar-refractivity contribution in [3.05, 3.63) is 28.7 Å². The summed E-state index contributed by atoms with van der Waals surface area (Å²) in [6.45, 7) is 0.799. The van der Waals surface area contributed by atoms with Crippen LogP contribution in [0.5, 0.6) is 5.75 Å². The Morgan fingerprint density at radius 3 is 2.79 bits per heavy atom. The van der Waals surface area contributed by atoms with E-state index in [0.29, 0.717) is 11.6 Å². The van der Waals surface area contributed by atoms with Gasteiger partial charge in [0.1, 0.15) is 5.75 Å². The number of nitrogens with two attached hydrogens (primary N) is 1. The second kappa shape index (κ2) is 5.25. The molecular formula is C14H15BrN2O2. The van der Waals surface area contributed by atoms with Crippen molar-refractivity contribution in [3.63, 3.8) is 0 Å². The average Bonchev–Trinajstić information content (AvgIpc) is 2.76. The molecule has 1 aromatic carbocycles. The van der Waals surface area contributed by atoms with Crippen LogP contribution in [0.4, 0.5) is 5.82 Å². The third-order valence-electron chi connectivity index (χ3n) is 3.44. The molecule has 0 amide bonds. The summed E-state index contributed by atoms with van der Waals surface area (Å²) in [7, 11) is 0. The van der Waals surface area contributed by atoms with Crippen LogP contribution in [-0.4, -0.2) is 11.8 Å². The van der Waals surface area contributed by atoms with Gasteiger partial charge in [-0.15, -0.1) is 0 Å². The van der Waals surface area contributed by atoms with Crippen LogP contribution in [0.3, 0.4) is 0 Å². The number of anilines is 1. The molecule has 19 heavy (non-hydrogen) atoms. The lowest BCUT2D eigenvalue weighted by molar-refractivity contribution is 0.180. The second-order valence-electron chi connectivity index (χ2n) is 4.87.